The molecule has 4 aliphatic rings. The van der Waals surface area contributed by atoms with Crippen LogP contribution in [0.3, 0.4) is 0 Å². The molecule has 4 N–H and O–H groups in total. The first-order valence-electron chi connectivity index (χ1n) is 16.9. The van der Waals surface area contributed by atoms with Gasteiger partial charge in [-0.2, -0.15) is 5.21 Å². The molecule has 0 radical (unpaired) electrons. The maximum Gasteiger partial charge on any atom is 0.410 e. The van der Waals surface area contributed by atoms with Gasteiger partial charge in [0, 0.05) is 24.4 Å². The number of amides is 5. The number of hydrogen-bond donors (Lipinski definition) is 4. The Morgan fingerprint density at radius 3 is 2.68 bits per heavy atom. The summed E-state index contributed by atoms with van der Waals surface area (Å²) in [5.41, 5.74) is -1.09. The van der Waals surface area contributed by atoms with E-state index in [1.54, 1.807) is 32.9 Å². The molecule has 3 aliphatic heterocycles. The third-order valence-corrected chi connectivity index (χ3v) is 9.36. The molecule has 0 unspecified atom stereocenters. The van der Waals surface area contributed by atoms with Crippen molar-refractivity contribution in [3.63, 3.8) is 0 Å². The number of anilines is 1. The molecule has 4 heterocycles. The summed E-state index contributed by atoms with van der Waals surface area (Å²) in [5, 5.41) is 21.5. The fourth-order valence-electron chi connectivity index (χ4n) is 6.77. The molecule has 268 valence electrons. The zero-order valence-electron chi connectivity index (χ0n) is 28.2. The number of alkyl carbamates (subject to hydrolysis) is 1. The first-order valence-corrected chi connectivity index (χ1v) is 16.9. The summed E-state index contributed by atoms with van der Waals surface area (Å²) in [5.74, 6) is -2.53. The molecule has 1 saturated heterocycles. The maximum atomic E-state index is 14.4. The van der Waals surface area contributed by atoms with Gasteiger partial charge in [-0.05, 0) is 63.3 Å². The number of carbonyl (C=O) groups excluding carboxylic acids is 5. The number of fused-ring (bicyclic) bond motifs is 3. The molecule has 1 saturated carbocycles. The van der Waals surface area contributed by atoms with Gasteiger partial charge in [-0.25, -0.2) is 14.0 Å². The van der Waals surface area contributed by atoms with Gasteiger partial charge < -0.3 is 25.0 Å². The van der Waals surface area contributed by atoms with E-state index in [2.05, 4.69) is 36.6 Å². The van der Waals surface area contributed by atoms with Gasteiger partial charge in [-0.1, -0.05) is 42.2 Å². The fraction of sp³-hybridized carbons (Fsp3) is 0.576. The molecule has 1 aromatic heterocycles. The van der Waals surface area contributed by atoms with E-state index in [0.29, 0.717) is 24.0 Å². The minimum atomic E-state index is -1.35. The van der Waals surface area contributed by atoms with Gasteiger partial charge >= 0.3 is 12.2 Å². The van der Waals surface area contributed by atoms with Crippen LogP contribution in [-0.2, 0) is 36.9 Å². The average Bonchev–Trinajstić information content (AvgIpc) is 3.47. The highest BCUT2D eigenvalue weighted by Gasteiger charge is 2.61. The van der Waals surface area contributed by atoms with E-state index in [1.807, 2.05) is 12.2 Å². The van der Waals surface area contributed by atoms with E-state index in [-0.39, 0.29) is 44.3 Å². The lowest BCUT2D eigenvalue weighted by Crippen LogP contribution is -2.57. The number of nitrogens with zero attached hydrogens (tertiary/aromatic N) is 5. The number of halogens is 1. The number of nitrogens with one attached hydrogen (secondary N) is 4. The second-order valence-electron chi connectivity index (χ2n) is 14.2. The van der Waals surface area contributed by atoms with Crippen molar-refractivity contribution in [3.8, 4) is 0 Å². The predicted octanol–water partition coefficient (Wildman–Crippen LogP) is 2.69. The number of carbonyl (C=O) groups is 5. The number of ether oxygens (including phenoxy) is 2. The topological polar surface area (TPSA) is 201 Å². The largest absolute Gasteiger partial charge is 0.444 e. The molecule has 0 spiro atoms. The molecule has 5 amide bonds. The molecule has 16 nitrogen and oxygen atoms in total. The van der Waals surface area contributed by atoms with E-state index < -0.39 is 65.1 Å². The SMILES string of the molecule is CC(C)(C)OC(=O)N[C@H]1CCCCC/C=C\[C@H]2C[C@@]2(C(=O)Nc2nn[nH]n2)NC(=O)[C@@H]2C[C@@H](OC(=O)N3Cc4cccc(F)c4C3)CN2C1=O. The minimum absolute atomic E-state index is 0.0227. The van der Waals surface area contributed by atoms with Crippen LogP contribution < -0.4 is 16.0 Å². The molecule has 17 heteroatoms. The van der Waals surface area contributed by atoms with Crippen molar-refractivity contribution in [2.75, 3.05) is 11.9 Å². The summed E-state index contributed by atoms with van der Waals surface area (Å²) in [6, 6.07) is 2.46. The first kappa shape index (κ1) is 34.8. The lowest BCUT2D eigenvalue weighted by molar-refractivity contribution is -0.141. The van der Waals surface area contributed by atoms with Crippen LogP contribution in [0.15, 0.2) is 30.4 Å². The van der Waals surface area contributed by atoms with Crippen LogP contribution in [0.25, 0.3) is 0 Å². The number of tetrazole rings is 1. The molecule has 0 bridgehead atoms. The van der Waals surface area contributed by atoms with Crippen LogP contribution in [0.5, 0.6) is 0 Å². The van der Waals surface area contributed by atoms with E-state index >= 15 is 0 Å². The molecule has 6 rings (SSSR count). The molecule has 50 heavy (non-hydrogen) atoms. The summed E-state index contributed by atoms with van der Waals surface area (Å²) in [7, 11) is 0. The van der Waals surface area contributed by atoms with Crippen LogP contribution in [0.4, 0.5) is 19.9 Å². The highest BCUT2D eigenvalue weighted by atomic mass is 19.1. The van der Waals surface area contributed by atoms with Crippen molar-refractivity contribution >= 4 is 35.9 Å². The summed E-state index contributed by atoms with van der Waals surface area (Å²) in [6.45, 7) is 5.16. The van der Waals surface area contributed by atoms with Gasteiger partial charge in [0.05, 0.1) is 13.1 Å². The molecule has 1 aliphatic carbocycles. The number of aromatic nitrogens is 4. The van der Waals surface area contributed by atoms with Gasteiger partial charge in [-0.15, -0.1) is 5.10 Å². The third-order valence-electron chi connectivity index (χ3n) is 9.36. The molecule has 2 fully saturated rings. The van der Waals surface area contributed by atoms with E-state index in [1.165, 1.54) is 15.9 Å². The van der Waals surface area contributed by atoms with Gasteiger partial charge in [0.25, 0.3) is 11.9 Å². The number of aromatic amines is 1. The van der Waals surface area contributed by atoms with Crippen molar-refractivity contribution in [2.24, 2.45) is 5.92 Å². The summed E-state index contributed by atoms with van der Waals surface area (Å²) < 4.78 is 25.7. The van der Waals surface area contributed by atoms with Crippen molar-refractivity contribution < 1.29 is 37.8 Å². The third kappa shape index (κ3) is 7.70. The Bertz CT molecular complexity index is 1660. The Morgan fingerprint density at radius 1 is 1.12 bits per heavy atom. The quantitative estimate of drug-likeness (QED) is 0.345. The first-order chi connectivity index (χ1) is 23.8. The van der Waals surface area contributed by atoms with Gasteiger partial charge in [0.15, 0.2) is 0 Å². The van der Waals surface area contributed by atoms with Gasteiger partial charge in [-0.3, -0.25) is 24.6 Å². The monoisotopic (exact) mass is 695 g/mol. The van der Waals surface area contributed by atoms with Crippen molar-refractivity contribution in [1.82, 2.24) is 41.1 Å². The average molecular weight is 696 g/mol. The zero-order chi connectivity index (χ0) is 35.6. The highest BCUT2D eigenvalue weighted by molar-refractivity contribution is 6.04. The van der Waals surface area contributed by atoms with Crippen molar-refractivity contribution in [1.29, 1.82) is 0 Å². The van der Waals surface area contributed by atoms with E-state index in [9.17, 15) is 28.4 Å². The molecular formula is C33H42FN9O7. The van der Waals surface area contributed by atoms with Crippen LogP contribution >= 0.6 is 0 Å². The molecule has 1 aromatic carbocycles. The normalized spacial score (nSPS) is 27.4. The smallest absolute Gasteiger partial charge is 0.410 e. The van der Waals surface area contributed by atoms with Crippen molar-refractivity contribution in [3.05, 3.63) is 47.3 Å². The van der Waals surface area contributed by atoms with Gasteiger partial charge in [0.2, 0.25) is 11.8 Å². The summed E-state index contributed by atoms with van der Waals surface area (Å²) in [6.07, 6.45) is 4.89. The van der Waals surface area contributed by atoms with Crippen LogP contribution in [0, 0.1) is 11.7 Å². The maximum absolute atomic E-state index is 14.4. The predicted molar refractivity (Wildman–Crippen MR) is 173 cm³/mol. The summed E-state index contributed by atoms with van der Waals surface area (Å²) in [4.78, 5) is 70.8. The Balaban J connectivity index is 1.25. The number of H-pyrrole nitrogens is 1. The second kappa shape index (κ2) is 14.0. The van der Waals surface area contributed by atoms with Crippen LogP contribution in [0.1, 0.15) is 76.8 Å². The number of hydrogen-bond acceptors (Lipinski definition) is 10. The Labute approximate surface area is 287 Å². The van der Waals surface area contributed by atoms with Crippen LogP contribution in [-0.4, -0.2) is 96.2 Å². The number of rotatable bonds is 4. The van der Waals surface area contributed by atoms with E-state index in [4.69, 9.17) is 9.47 Å². The molecule has 5 atom stereocenters. The lowest BCUT2D eigenvalue weighted by Gasteiger charge is -2.30. The Morgan fingerprint density at radius 2 is 1.94 bits per heavy atom. The Kier molecular flexibility index (Phi) is 9.75. The number of allylic oxidation sites excluding steroid dienone is 1. The molecular weight excluding hydrogens is 653 g/mol. The summed E-state index contributed by atoms with van der Waals surface area (Å²) >= 11 is 0. The highest BCUT2D eigenvalue weighted by Crippen LogP contribution is 2.46. The fourth-order valence-corrected chi connectivity index (χ4v) is 6.77. The molecule has 2 aromatic rings. The second-order valence-corrected chi connectivity index (χ2v) is 14.2. The lowest BCUT2D eigenvalue weighted by atomic mass is 10.0. The van der Waals surface area contributed by atoms with E-state index in [0.717, 1.165) is 19.3 Å². The minimum Gasteiger partial charge on any atom is -0.444 e. The number of benzene rings is 1. The van der Waals surface area contributed by atoms with Crippen molar-refractivity contribution in [2.45, 2.75) is 108 Å². The standard InChI is InChI=1S/C33H42FN9O7/c1-32(2,3)50-30(47)35-24-13-8-6-4-5-7-11-20-15-33(20,28(46)36-29-38-40-41-39-29)37-26(44)25-14-21(17-43(25)27(24)45)49-31(48)42-16-19-10-9-12-23(34)22(19)18-42/h7,9-12,20-21,24-25H,4-6,8,13-18H2,1-3H3,(H,35,47)(H,37,44)(H2,36,38,39,40,41,46)/b11-7-/t20-,21+,24-,25-,33+/m0/s1. The van der Waals surface area contributed by atoms with Gasteiger partial charge in [0.1, 0.15) is 35.1 Å². The van der Waals surface area contributed by atoms with Crippen LogP contribution in [0.2, 0.25) is 0 Å². The zero-order valence-corrected chi connectivity index (χ0v) is 28.2. The Hall–Kier alpha value is -5.09.